The van der Waals surface area contributed by atoms with Gasteiger partial charge in [-0.1, -0.05) is 81.1 Å². The molecule has 1 fully saturated rings. The van der Waals surface area contributed by atoms with E-state index in [1.807, 2.05) is 41.5 Å². The summed E-state index contributed by atoms with van der Waals surface area (Å²) in [6, 6.07) is 0. The summed E-state index contributed by atoms with van der Waals surface area (Å²) in [5.41, 5.74) is -0.0508. The molecule has 0 aromatic heterocycles. The molecule has 1 unspecified atom stereocenters. The second-order valence-electron chi connectivity index (χ2n) is 15.3. The average Bonchev–Trinajstić information content (AvgIpc) is 3.32. The number of nitrogens with zero attached hydrogens (tertiary/aromatic N) is 1. The summed E-state index contributed by atoms with van der Waals surface area (Å²) in [5.74, 6) is 0.484. The number of methoxy groups -OCH3 is 1. The van der Waals surface area contributed by atoms with Crippen molar-refractivity contribution < 1.29 is 33.5 Å². The molecule has 0 aliphatic carbocycles. The Morgan fingerprint density at radius 2 is 1.37 bits per heavy atom. The highest BCUT2D eigenvalue weighted by atomic mass is 32.2. The molecular formula is C39H75N5O7S. The molecule has 0 radical (unpaired) electrons. The van der Waals surface area contributed by atoms with Gasteiger partial charge in [0.2, 0.25) is 35.4 Å². The Labute approximate surface area is 320 Å². The molecule has 0 bridgehead atoms. The summed E-state index contributed by atoms with van der Waals surface area (Å²) >= 11 is 1.60. The van der Waals surface area contributed by atoms with Crippen molar-refractivity contribution in [3.63, 3.8) is 0 Å². The summed E-state index contributed by atoms with van der Waals surface area (Å²) in [7, 11) is 1.57. The molecule has 1 heterocycles. The Bertz CT molecular complexity index is 1050. The molecular weight excluding hydrogens is 683 g/mol. The number of carbonyl (C=O) groups excluding carboxylic acids is 6. The Kier molecular flexibility index (Phi) is 29.4. The molecule has 0 saturated carbocycles. The zero-order chi connectivity index (χ0) is 40.2. The Morgan fingerprint density at radius 1 is 0.808 bits per heavy atom. The van der Waals surface area contributed by atoms with Gasteiger partial charge in [0.25, 0.3) is 0 Å². The molecule has 1 aliphatic heterocycles. The molecule has 304 valence electrons. The number of rotatable bonds is 24. The number of ether oxygens (including phenoxy) is 1. The maximum atomic E-state index is 12.4. The standard InChI is InChI=1S/C21H38N2O3S.C16H31N3O4.C2H6/c1-5-6-13-22-18(24)11-14-23-19(25)16-17(20(23)26)27-15-10-8-7-9-12-21(2,3)4;1-12(2)10-15(22)18-9-8-17-13(20)6-7-14(21)19-16(3,4)11-23-5;1-2/h17H,5-16H2,1-4H3,(H,22,24);12H,6-11H2,1-5H3,(H,17,20)(H,18,22)(H,19,21);1-2H3. The van der Waals surface area contributed by atoms with E-state index in [2.05, 4.69) is 49.0 Å². The van der Waals surface area contributed by atoms with Crippen LogP contribution < -0.4 is 21.3 Å². The largest absolute Gasteiger partial charge is 0.382 e. The van der Waals surface area contributed by atoms with E-state index in [1.54, 1.807) is 18.9 Å². The van der Waals surface area contributed by atoms with E-state index in [4.69, 9.17) is 4.74 Å². The molecule has 1 atom stereocenters. The van der Waals surface area contributed by atoms with Crippen molar-refractivity contribution in [2.24, 2.45) is 11.3 Å². The van der Waals surface area contributed by atoms with Crippen LogP contribution in [0.4, 0.5) is 0 Å². The lowest BCUT2D eigenvalue weighted by Crippen LogP contribution is -2.47. The molecule has 0 aromatic rings. The van der Waals surface area contributed by atoms with Crippen molar-refractivity contribution in [3.05, 3.63) is 0 Å². The molecule has 4 N–H and O–H groups in total. The van der Waals surface area contributed by atoms with Crippen LogP contribution in [0.3, 0.4) is 0 Å². The number of thioether (sulfide) groups is 1. The van der Waals surface area contributed by atoms with Crippen LogP contribution in [0, 0.1) is 11.3 Å². The van der Waals surface area contributed by atoms with Crippen LogP contribution in [0.2, 0.25) is 0 Å². The number of nitrogens with one attached hydrogen (secondary N) is 4. The van der Waals surface area contributed by atoms with Gasteiger partial charge in [-0.15, -0.1) is 11.8 Å². The molecule has 13 heteroatoms. The van der Waals surface area contributed by atoms with Crippen molar-refractivity contribution in [1.82, 2.24) is 26.2 Å². The summed E-state index contributed by atoms with van der Waals surface area (Å²) in [6.45, 7) is 22.6. The summed E-state index contributed by atoms with van der Waals surface area (Å²) in [4.78, 5) is 72.4. The fourth-order valence-electron chi connectivity index (χ4n) is 5.06. The van der Waals surface area contributed by atoms with Crippen molar-refractivity contribution in [2.45, 2.75) is 157 Å². The fourth-order valence-corrected chi connectivity index (χ4v) is 6.25. The molecule has 6 amide bonds. The molecule has 0 aromatic carbocycles. The summed E-state index contributed by atoms with van der Waals surface area (Å²) < 4.78 is 5.01. The first-order valence-corrected chi connectivity index (χ1v) is 20.5. The van der Waals surface area contributed by atoms with Crippen molar-refractivity contribution in [3.8, 4) is 0 Å². The minimum absolute atomic E-state index is 0.0194. The normalized spacial score (nSPS) is 14.2. The SMILES string of the molecule is CC.CCCCNC(=O)CCN1C(=O)CC(SCCCCCCC(C)(C)C)C1=O.COCC(C)(C)NC(=O)CCC(=O)NCCNC(=O)CC(C)C. The van der Waals surface area contributed by atoms with Gasteiger partial charge in [-0.2, -0.15) is 0 Å². The van der Waals surface area contributed by atoms with Crippen molar-refractivity contribution >= 4 is 47.2 Å². The lowest BCUT2D eigenvalue weighted by atomic mass is 9.89. The second kappa shape index (κ2) is 29.7. The molecule has 52 heavy (non-hydrogen) atoms. The fraction of sp³-hybridized carbons (Fsp3) is 0.846. The first-order chi connectivity index (χ1) is 24.4. The van der Waals surface area contributed by atoms with E-state index in [0.29, 0.717) is 44.0 Å². The van der Waals surface area contributed by atoms with Gasteiger partial charge in [-0.25, -0.2) is 0 Å². The lowest BCUT2D eigenvalue weighted by molar-refractivity contribution is -0.138. The highest BCUT2D eigenvalue weighted by Crippen LogP contribution is 2.27. The van der Waals surface area contributed by atoms with Crippen LogP contribution in [0.15, 0.2) is 0 Å². The zero-order valence-corrected chi connectivity index (χ0v) is 35.4. The average molecular weight is 758 g/mol. The minimum atomic E-state index is -0.455. The Hall–Kier alpha value is -2.67. The van der Waals surface area contributed by atoms with Gasteiger partial charge >= 0.3 is 0 Å². The van der Waals surface area contributed by atoms with Crippen LogP contribution in [-0.2, 0) is 33.5 Å². The maximum absolute atomic E-state index is 12.4. The molecule has 1 aliphatic rings. The van der Waals surface area contributed by atoms with Crippen LogP contribution in [0.1, 0.15) is 146 Å². The van der Waals surface area contributed by atoms with Crippen LogP contribution in [-0.4, -0.2) is 96.8 Å². The highest BCUT2D eigenvalue weighted by molar-refractivity contribution is 8.00. The maximum Gasteiger partial charge on any atom is 0.242 e. The van der Waals surface area contributed by atoms with E-state index in [1.165, 1.54) is 30.6 Å². The number of amides is 6. The topological polar surface area (TPSA) is 163 Å². The predicted octanol–water partition coefficient (Wildman–Crippen LogP) is 5.76. The van der Waals surface area contributed by atoms with E-state index >= 15 is 0 Å². The number of unbranched alkanes of at least 4 members (excludes halogenated alkanes) is 4. The van der Waals surface area contributed by atoms with Gasteiger partial charge < -0.3 is 26.0 Å². The third kappa shape index (κ3) is 28.9. The van der Waals surface area contributed by atoms with Gasteiger partial charge in [-0.05, 0) is 50.2 Å². The summed E-state index contributed by atoms with van der Waals surface area (Å²) in [6.07, 6.45) is 9.18. The number of imide groups is 1. The van der Waals surface area contributed by atoms with Gasteiger partial charge in [-0.3, -0.25) is 33.7 Å². The molecule has 12 nitrogen and oxygen atoms in total. The van der Waals surface area contributed by atoms with Crippen molar-refractivity contribution in [2.75, 3.05) is 45.6 Å². The second-order valence-corrected chi connectivity index (χ2v) is 16.6. The minimum Gasteiger partial charge on any atom is -0.382 e. The Morgan fingerprint density at radius 3 is 1.94 bits per heavy atom. The third-order valence-corrected chi connectivity index (χ3v) is 8.98. The lowest BCUT2D eigenvalue weighted by Gasteiger charge is -2.25. The number of likely N-dealkylation sites (tertiary alicyclic amines) is 1. The molecule has 1 rings (SSSR count). The number of hydrogen-bond donors (Lipinski definition) is 4. The molecule has 0 spiro atoms. The van der Waals surface area contributed by atoms with E-state index in [0.717, 1.165) is 25.0 Å². The van der Waals surface area contributed by atoms with Gasteiger partial charge in [0.15, 0.2) is 0 Å². The smallest absolute Gasteiger partial charge is 0.242 e. The van der Waals surface area contributed by atoms with E-state index in [-0.39, 0.29) is 72.9 Å². The van der Waals surface area contributed by atoms with Crippen LogP contribution in [0.5, 0.6) is 0 Å². The van der Waals surface area contributed by atoms with E-state index in [9.17, 15) is 28.8 Å². The van der Waals surface area contributed by atoms with Crippen molar-refractivity contribution in [1.29, 1.82) is 0 Å². The quantitative estimate of drug-likeness (QED) is 0.0714. The highest BCUT2D eigenvalue weighted by Gasteiger charge is 2.38. The number of hydrogen-bond acceptors (Lipinski definition) is 8. The molecule has 1 saturated heterocycles. The summed E-state index contributed by atoms with van der Waals surface area (Å²) in [5, 5.41) is 10.8. The Balaban J connectivity index is 0. The van der Waals surface area contributed by atoms with E-state index < -0.39 is 5.54 Å². The van der Waals surface area contributed by atoms with Gasteiger partial charge in [0.1, 0.15) is 0 Å². The monoisotopic (exact) mass is 758 g/mol. The zero-order valence-electron chi connectivity index (χ0n) is 34.6. The van der Waals surface area contributed by atoms with Gasteiger partial charge in [0.05, 0.1) is 17.4 Å². The first kappa shape index (κ1) is 51.4. The van der Waals surface area contributed by atoms with Crippen LogP contribution in [0.25, 0.3) is 0 Å². The van der Waals surface area contributed by atoms with Gasteiger partial charge in [0, 0.05) is 65.4 Å². The van der Waals surface area contributed by atoms with Crippen LogP contribution >= 0.6 is 11.8 Å². The first-order valence-electron chi connectivity index (χ1n) is 19.5. The third-order valence-electron chi connectivity index (χ3n) is 7.68. The number of carbonyl (C=O) groups is 6. The predicted molar refractivity (Wildman–Crippen MR) is 213 cm³/mol.